The first-order valence-corrected chi connectivity index (χ1v) is 13.8. The Kier molecular flexibility index (Phi) is 21.3. The van der Waals surface area contributed by atoms with E-state index in [9.17, 15) is 33.5 Å². The average Bonchev–Trinajstić information content (AvgIpc) is 2.91. The molecule has 0 radical (unpaired) electrons. The van der Waals surface area contributed by atoms with Crippen LogP contribution in [0.3, 0.4) is 0 Å². The minimum atomic E-state index is -1.36. The Labute approximate surface area is 234 Å². The Hall–Kier alpha value is -3.51. The molecule has 0 amide bonds. The molecule has 3 N–H and O–H groups in total. The van der Waals surface area contributed by atoms with Crippen LogP contribution in [-0.4, -0.2) is 53.2 Å². The van der Waals surface area contributed by atoms with E-state index in [1.165, 1.54) is 0 Å². The number of nitrogens with one attached hydrogen (secondary N) is 1. The van der Waals surface area contributed by atoms with E-state index in [4.69, 9.17) is 19.9 Å². The summed E-state index contributed by atoms with van der Waals surface area (Å²) < 4.78 is 27.6. The van der Waals surface area contributed by atoms with Crippen molar-refractivity contribution in [1.29, 1.82) is 0 Å². The number of esters is 3. The van der Waals surface area contributed by atoms with Gasteiger partial charge in [0.25, 0.3) is 0 Å². The van der Waals surface area contributed by atoms with Crippen LogP contribution in [0.2, 0.25) is 0 Å². The number of carbonyl (C=O) groups is 4. The highest BCUT2D eigenvalue weighted by molar-refractivity contribution is 5.76. The summed E-state index contributed by atoms with van der Waals surface area (Å²) in [6, 6.07) is 0. The molecule has 40 heavy (non-hydrogen) atoms. The summed E-state index contributed by atoms with van der Waals surface area (Å²) in [6.45, 7) is 3.74. The van der Waals surface area contributed by atoms with Gasteiger partial charge in [-0.1, -0.05) is 65.2 Å². The first kappa shape index (κ1) is 36.5. The largest absolute Gasteiger partial charge is 0.550 e. The minimum Gasteiger partial charge on any atom is -0.550 e. The van der Waals surface area contributed by atoms with E-state index in [0.29, 0.717) is 0 Å². The van der Waals surface area contributed by atoms with Gasteiger partial charge >= 0.3 is 23.6 Å². The van der Waals surface area contributed by atoms with E-state index in [1.54, 1.807) is 0 Å². The third-order valence-corrected chi connectivity index (χ3v) is 5.45. The Morgan fingerprint density at radius 1 is 0.850 bits per heavy atom. The van der Waals surface area contributed by atoms with Crippen LogP contribution >= 0.6 is 0 Å². The Morgan fingerprint density at radius 3 is 1.77 bits per heavy atom. The highest BCUT2D eigenvalue weighted by Gasteiger charge is 2.19. The number of halogens is 1. The van der Waals surface area contributed by atoms with E-state index in [-0.39, 0.29) is 38.3 Å². The molecule has 1 rings (SSSR count). The van der Waals surface area contributed by atoms with Crippen molar-refractivity contribution in [3.8, 4) is 0 Å². The summed E-state index contributed by atoms with van der Waals surface area (Å²) in [4.78, 5) is 61.3. The van der Waals surface area contributed by atoms with Crippen molar-refractivity contribution in [1.82, 2.24) is 9.97 Å². The maximum atomic E-state index is 12.1. The minimum absolute atomic E-state index is 0.241. The number of aromatic nitrogens is 2. The predicted molar refractivity (Wildman–Crippen MR) is 142 cm³/mol. The zero-order chi connectivity index (χ0) is 30.2. The number of aromatic amines is 1. The normalized spacial score (nSPS) is 10.4. The number of rotatable bonds is 20. The molecule has 0 aromatic carbocycles. The number of ether oxygens (including phenoxy) is 3. The molecule has 0 saturated carbocycles. The van der Waals surface area contributed by atoms with Crippen molar-refractivity contribution in [2.75, 3.05) is 18.9 Å². The van der Waals surface area contributed by atoms with Crippen LogP contribution in [0.4, 0.5) is 10.2 Å². The number of carbonyl (C=O) groups excluding carboxylic acids is 4. The van der Waals surface area contributed by atoms with Crippen LogP contribution in [-0.2, 0) is 33.4 Å². The summed E-state index contributed by atoms with van der Waals surface area (Å²) in [5.74, 6) is -3.95. The zero-order valence-electron chi connectivity index (χ0n) is 23.5. The Morgan fingerprint density at radius 2 is 1.35 bits per heavy atom. The Balaban J connectivity index is 0.00000141. The second-order valence-electron chi connectivity index (χ2n) is 9.13. The molecule has 12 nitrogen and oxygen atoms in total. The summed E-state index contributed by atoms with van der Waals surface area (Å²) >= 11 is 0. The zero-order valence-corrected chi connectivity index (χ0v) is 23.5. The molecule has 0 aliphatic carbocycles. The lowest BCUT2D eigenvalue weighted by atomic mass is 10.1. The lowest BCUT2D eigenvalue weighted by Gasteiger charge is -2.18. The number of nitrogens with two attached hydrogens (primary N) is 1. The molecule has 1 heterocycles. The number of anilines is 1. The van der Waals surface area contributed by atoms with E-state index >= 15 is 0 Å². The summed E-state index contributed by atoms with van der Waals surface area (Å²) in [7, 11) is 0. The number of nitrogens with zero attached hydrogens (tertiary/aromatic N) is 1. The molecule has 0 aliphatic rings. The summed E-state index contributed by atoms with van der Waals surface area (Å²) in [5.41, 5.74) is 4.31. The van der Waals surface area contributed by atoms with Gasteiger partial charge < -0.3 is 29.8 Å². The van der Waals surface area contributed by atoms with Gasteiger partial charge in [0.2, 0.25) is 0 Å². The number of hydrogen-bond acceptors (Lipinski definition) is 11. The van der Waals surface area contributed by atoms with Crippen LogP contribution in [0.15, 0.2) is 11.0 Å². The van der Waals surface area contributed by atoms with Crippen LogP contribution < -0.4 is 16.5 Å². The lowest BCUT2D eigenvalue weighted by molar-refractivity contribution is -0.305. The molecule has 13 heteroatoms. The van der Waals surface area contributed by atoms with E-state index < -0.39 is 47.9 Å². The van der Waals surface area contributed by atoms with E-state index in [1.807, 2.05) is 4.98 Å². The van der Waals surface area contributed by atoms with Crippen LogP contribution in [0.25, 0.3) is 0 Å². The van der Waals surface area contributed by atoms with Gasteiger partial charge in [-0.25, -0.2) is 9.18 Å². The fourth-order valence-electron chi connectivity index (χ4n) is 3.22. The molecule has 228 valence electrons. The van der Waals surface area contributed by atoms with Crippen LogP contribution in [0, 0.1) is 5.82 Å². The lowest BCUT2D eigenvalue weighted by Crippen LogP contribution is -2.31. The molecular weight excluding hydrogens is 529 g/mol. The third kappa shape index (κ3) is 21.4. The predicted octanol–water partition coefficient (Wildman–Crippen LogP) is 2.73. The Bertz CT molecular complexity index is 910. The smallest absolute Gasteiger partial charge is 0.346 e. The second kappa shape index (κ2) is 23.4. The quantitative estimate of drug-likeness (QED) is 0.133. The SMILES string of the molecule is CCCCCCCC(=O)OCC(COC(=O)CCCCCCC)OC(=O)CCC(=O)[O-].Nc1[nH]c(=O)ncc1F. The summed E-state index contributed by atoms with van der Waals surface area (Å²) in [5, 5.41) is 10.5. The second-order valence-corrected chi connectivity index (χ2v) is 9.13. The number of unbranched alkanes of at least 4 members (excludes halogenated alkanes) is 8. The molecule has 0 aliphatic heterocycles. The maximum Gasteiger partial charge on any atom is 0.346 e. The number of carboxylic acid groups (broad SMARTS) is 1. The number of H-pyrrole nitrogens is 1. The van der Waals surface area contributed by atoms with Gasteiger partial charge in [0.15, 0.2) is 11.9 Å². The van der Waals surface area contributed by atoms with Crippen molar-refractivity contribution < 1.29 is 42.9 Å². The molecule has 1 aromatic rings. The van der Waals surface area contributed by atoms with Gasteiger partial charge in [-0.2, -0.15) is 4.98 Å². The number of aliphatic carboxylic acids is 1. The van der Waals surface area contributed by atoms with Gasteiger partial charge in [-0.05, 0) is 19.3 Å². The molecular formula is C27H43FN3O9-. The van der Waals surface area contributed by atoms with Gasteiger partial charge in [-0.15, -0.1) is 0 Å². The number of carboxylic acids is 1. The highest BCUT2D eigenvalue weighted by Crippen LogP contribution is 2.09. The van der Waals surface area contributed by atoms with Crippen LogP contribution in [0.1, 0.15) is 104 Å². The van der Waals surface area contributed by atoms with Crippen molar-refractivity contribution in [2.45, 2.75) is 110 Å². The fraction of sp³-hybridized carbons (Fsp3) is 0.704. The van der Waals surface area contributed by atoms with Crippen molar-refractivity contribution in [2.24, 2.45) is 0 Å². The van der Waals surface area contributed by atoms with Gasteiger partial charge in [0.05, 0.1) is 12.6 Å². The number of hydrogen-bond donors (Lipinski definition) is 2. The van der Waals surface area contributed by atoms with Gasteiger partial charge in [-0.3, -0.25) is 19.4 Å². The first-order chi connectivity index (χ1) is 19.1. The summed E-state index contributed by atoms with van der Waals surface area (Å²) in [6.07, 6.45) is 9.47. The van der Waals surface area contributed by atoms with Crippen molar-refractivity contribution >= 4 is 29.7 Å². The van der Waals surface area contributed by atoms with Crippen LogP contribution in [0.5, 0.6) is 0 Å². The highest BCUT2D eigenvalue weighted by atomic mass is 19.1. The first-order valence-electron chi connectivity index (χ1n) is 13.8. The molecule has 0 unspecified atom stereocenters. The molecule has 0 atom stereocenters. The monoisotopic (exact) mass is 572 g/mol. The van der Waals surface area contributed by atoms with Crippen molar-refractivity contribution in [3.63, 3.8) is 0 Å². The standard InChI is InChI=1S/C23H40O8.C4H4FN3O/c1-3-5-7-9-11-13-21(26)29-17-19(31-23(28)16-15-20(24)25)18-30-22(27)14-12-10-8-6-4-2;5-2-1-7-4(9)8-3(2)6/h19H,3-18H2,1-2H3,(H,24,25);1H,(H3,6,7,8,9)/p-1. The van der Waals surface area contributed by atoms with Crippen molar-refractivity contribution in [3.05, 3.63) is 22.5 Å². The van der Waals surface area contributed by atoms with E-state index in [0.717, 1.165) is 70.4 Å². The molecule has 0 fully saturated rings. The average molecular weight is 573 g/mol. The topological polar surface area (TPSA) is 191 Å². The van der Waals surface area contributed by atoms with Gasteiger partial charge in [0, 0.05) is 18.8 Å². The third-order valence-electron chi connectivity index (χ3n) is 5.45. The van der Waals surface area contributed by atoms with E-state index in [2.05, 4.69) is 18.8 Å². The molecule has 0 spiro atoms. The number of nitrogen functional groups attached to an aromatic ring is 1. The molecule has 1 aromatic heterocycles. The molecule has 0 bridgehead atoms. The maximum absolute atomic E-state index is 12.1. The van der Waals surface area contributed by atoms with Gasteiger partial charge in [0.1, 0.15) is 19.0 Å². The fourth-order valence-corrected chi connectivity index (χ4v) is 3.22. The molecule has 0 saturated heterocycles.